The third-order valence-corrected chi connectivity index (χ3v) is 1.99. The fourth-order valence-corrected chi connectivity index (χ4v) is 1.08. The standard InChI is InChI=1S/C11H9N3O4/c1-18-11(15)8(6-12)7-13-9-2-4-10(5-3-9)14(16)17/h2-5,7,13H,1H3. The van der Waals surface area contributed by atoms with Crippen LogP contribution in [0.4, 0.5) is 11.4 Å². The van der Waals surface area contributed by atoms with E-state index in [4.69, 9.17) is 5.26 Å². The SMILES string of the molecule is COC(=O)C(C#N)=CNc1ccc([N+](=O)[O-])cc1. The van der Waals surface area contributed by atoms with Gasteiger partial charge in [0.2, 0.25) is 0 Å². The summed E-state index contributed by atoms with van der Waals surface area (Å²) >= 11 is 0. The van der Waals surface area contributed by atoms with Crippen LogP contribution in [0.3, 0.4) is 0 Å². The minimum Gasteiger partial charge on any atom is -0.465 e. The molecule has 0 atom stereocenters. The first-order chi connectivity index (χ1) is 8.58. The third-order valence-electron chi connectivity index (χ3n) is 1.99. The largest absolute Gasteiger partial charge is 0.465 e. The number of nitro groups is 1. The van der Waals surface area contributed by atoms with Gasteiger partial charge in [0.1, 0.15) is 6.07 Å². The Balaban J connectivity index is 2.80. The van der Waals surface area contributed by atoms with Crippen molar-refractivity contribution in [3.8, 4) is 6.07 Å². The maximum Gasteiger partial charge on any atom is 0.350 e. The molecule has 0 spiro atoms. The molecule has 0 fully saturated rings. The number of methoxy groups -OCH3 is 1. The van der Waals surface area contributed by atoms with E-state index in [1.165, 1.54) is 37.6 Å². The molecule has 0 aliphatic rings. The van der Waals surface area contributed by atoms with Gasteiger partial charge < -0.3 is 10.1 Å². The van der Waals surface area contributed by atoms with Crippen molar-refractivity contribution < 1.29 is 14.5 Å². The van der Waals surface area contributed by atoms with Crippen molar-refractivity contribution in [1.82, 2.24) is 0 Å². The zero-order valence-electron chi connectivity index (χ0n) is 9.41. The fourth-order valence-electron chi connectivity index (χ4n) is 1.08. The molecule has 0 aliphatic heterocycles. The lowest BCUT2D eigenvalue weighted by Crippen LogP contribution is -2.05. The molecule has 0 aliphatic carbocycles. The van der Waals surface area contributed by atoms with Gasteiger partial charge >= 0.3 is 5.97 Å². The number of nitrogens with zero attached hydrogens (tertiary/aromatic N) is 2. The summed E-state index contributed by atoms with van der Waals surface area (Å²) in [5.41, 5.74) is 0.270. The van der Waals surface area contributed by atoms with Crippen LogP contribution in [-0.2, 0) is 9.53 Å². The van der Waals surface area contributed by atoms with E-state index in [1.807, 2.05) is 0 Å². The van der Waals surface area contributed by atoms with Crippen molar-refractivity contribution in [3.63, 3.8) is 0 Å². The topological polar surface area (TPSA) is 105 Å². The lowest BCUT2D eigenvalue weighted by atomic mass is 10.2. The van der Waals surface area contributed by atoms with Gasteiger partial charge in [0.25, 0.3) is 5.69 Å². The number of nitro benzene ring substituents is 1. The van der Waals surface area contributed by atoms with Gasteiger partial charge in [-0.3, -0.25) is 10.1 Å². The Morgan fingerprint density at radius 2 is 2.11 bits per heavy atom. The monoisotopic (exact) mass is 247 g/mol. The number of anilines is 1. The smallest absolute Gasteiger partial charge is 0.350 e. The van der Waals surface area contributed by atoms with E-state index < -0.39 is 10.9 Å². The predicted molar refractivity (Wildman–Crippen MR) is 62.4 cm³/mol. The van der Waals surface area contributed by atoms with Crippen LogP contribution in [-0.4, -0.2) is 18.0 Å². The van der Waals surface area contributed by atoms with Crippen LogP contribution in [0.5, 0.6) is 0 Å². The summed E-state index contributed by atoms with van der Waals surface area (Å²) < 4.78 is 4.38. The van der Waals surface area contributed by atoms with E-state index in [-0.39, 0.29) is 11.3 Å². The molecule has 7 nitrogen and oxygen atoms in total. The molecule has 0 aromatic heterocycles. The second-order valence-electron chi connectivity index (χ2n) is 3.11. The number of rotatable bonds is 4. The number of nitriles is 1. The van der Waals surface area contributed by atoms with Gasteiger partial charge in [-0.2, -0.15) is 5.26 Å². The minimum absolute atomic E-state index is 0.0435. The first kappa shape index (κ1) is 13.2. The van der Waals surface area contributed by atoms with Gasteiger partial charge in [0, 0.05) is 24.0 Å². The second-order valence-corrected chi connectivity index (χ2v) is 3.11. The number of ether oxygens (including phenoxy) is 1. The average Bonchev–Trinajstić information content (AvgIpc) is 2.39. The summed E-state index contributed by atoms with van der Waals surface area (Å²) in [6.07, 6.45) is 1.17. The van der Waals surface area contributed by atoms with Crippen LogP contribution in [0.2, 0.25) is 0 Å². The van der Waals surface area contributed by atoms with Crippen LogP contribution >= 0.6 is 0 Å². The van der Waals surface area contributed by atoms with Crippen molar-refractivity contribution in [2.24, 2.45) is 0 Å². The number of carbonyl (C=O) groups is 1. The molecule has 1 N–H and O–H groups in total. The Kier molecular flexibility index (Phi) is 4.40. The lowest BCUT2D eigenvalue weighted by molar-refractivity contribution is -0.384. The average molecular weight is 247 g/mol. The molecule has 1 rings (SSSR count). The zero-order valence-corrected chi connectivity index (χ0v) is 9.41. The van der Waals surface area contributed by atoms with Crippen LogP contribution in [0.25, 0.3) is 0 Å². The van der Waals surface area contributed by atoms with Gasteiger partial charge in [-0.05, 0) is 12.1 Å². The fraction of sp³-hybridized carbons (Fsp3) is 0.0909. The molecule has 0 radical (unpaired) electrons. The van der Waals surface area contributed by atoms with E-state index in [9.17, 15) is 14.9 Å². The first-order valence-corrected chi connectivity index (χ1v) is 4.78. The molecule has 0 unspecified atom stereocenters. The third kappa shape index (κ3) is 3.31. The van der Waals surface area contributed by atoms with E-state index in [0.29, 0.717) is 5.69 Å². The Morgan fingerprint density at radius 3 is 2.56 bits per heavy atom. The Morgan fingerprint density at radius 1 is 1.50 bits per heavy atom. The summed E-state index contributed by atoms with van der Waals surface area (Å²) in [4.78, 5) is 21.0. The highest BCUT2D eigenvalue weighted by atomic mass is 16.6. The number of carbonyl (C=O) groups excluding carboxylic acids is 1. The van der Waals surface area contributed by atoms with Crippen molar-refractivity contribution in [2.75, 3.05) is 12.4 Å². The van der Waals surface area contributed by atoms with Gasteiger partial charge in [0.05, 0.1) is 12.0 Å². The van der Waals surface area contributed by atoms with Gasteiger partial charge in [-0.25, -0.2) is 4.79 Å². The molecule has 0 saturated heterocycles. The normalized spacial score (nSPS) is 10.3. The maximum atomic E-state index is 11.1. The van der Waals surface area contributed by atoms with Gasteiger partial charge in [-0.1, -0.05) is 0 Å². The van der Waals surface area contributed by atoms with Crippen LogP contribution in [0.1, 0.15) is 0 Å². The molecular formula is C11H9N3O4. The molecule has 0 amide bonds. The van der Waals surface area contributed by atoms with E-state index in [2.05, 4.69) is 10.1 Å². The summed E-state index contributed by atoms with van der Waals surface area (Å²) in [5, 5.41) is 21.8. The summed E-state index contributed by atoms with van der Waals surface area (Å²) in [6, 6.07) is 7.20. The Hall–Kier alpha value is -2.88. The number of benzene rings is 1. The van der Waals surface area contributed by atoms with E-state index >= 15 is 0 Å². The minimum atomic E-state index is -0.757. The zero-order chi connectivity index (χ0) is 13.5. The summed E-state index contributed by atoms with van der Waals surface area (Å²) in [6.45, 7) is 0. The van der Waals surface area contributed by atoms with Crippen molar-refractivity contribution in [3.05, 3.63) is 46.2 Å². The quantitative estimate of drug-likeness (QED) is 0.285. The molecule has 0 heterocycles. The number of nitrogens with one attached hydrogen (secondary N) is 1. The van der Waals surface area contributed by atoms with Crippen LogP contribution < -0.4 is 5.32 Å². The molecule has 1 aromatic rings. The highest BCUT2D eigenvalue weighted by molar-refractivity contribution is 5.93. The summed E-state index contributed by atoms with van der Waals surface area (Å²) in [5.74, 6) is -0.757. The van der Waals surface area contributed by atoms with Crippen molar-refractivity contribution in [1.29, 1.82) is 5.26 Å². The molecule has 92 valence electrons. The number of non-ortho nitro benzene ring substituents is 1. The highest BCUT2D eigenvalue weighted by Gasteiger charge is 2.08. The van der Waals surface area contributed by atoms with Gasteiger partial charge in [-0.15, -0.1) is 0 Å². The number of esters is 1. The van der Waals surface area contributed by atoms with Gasteiger partial charge in [0.15, 0.2) is 5.57 Å². The molecule has 7 heteroatoms. The Labute approximate surface area is 102 Å². The molecule has 18 heavy (non-hydrogen) atoms. The first-order valence-electron chi connectivity index (χ1n) is 4.78. The van der Waals surface area contributed by atoms with Crippen LogP contribution in [0.15, 0.2) is 36.0 Å². The molecular weight excluding hydrogens is 238 g/mol. The van der Waals surface area contributed by atoms with E-state index in [1.54, 1.807) is 6.07 Å². The molecule has 0 bridgehead atoms. The number of hydrogen-bond donors (Lipinski definition) is 1. The molecule has 1 aromatic carbocycles. The lowest BCUT2D eigenvalue weighted by Gasteiger charge is -2.01. The number of hydrogen-bond acceptors (Lipinski definition) is 6. The van der Waals surface area contributed by atoms with Crippen molar-refractivity contribution >= 4 is 17.3 Å². The van der Waals surface area contributed by atoms with Crippen molar-refractivity contribution in [2.45, 2.75) is 0 Å². The predicted octanol–water partition coefficient (Wildman–Crippen LogP) is 1.59. The Bertz CT molecular complexity index is 528. The highest BCUT2D eigenvalue weighted by Crippen LogP contribution is 2.15. The molecule has 0 saturated carbocycles. The maximum absolute atomic E-state index is 11.1. The second kappa shape index (κ2) is 6.00. The van der Waals surface area contributed by atoms with E-state index in [0.717, 1.165) is 0 Å². The summed E-state index contributed by atoms with van der Waals surface area (Å²) in [7, 11) is 1.17. The van der Waals surface area contributed by atoms with Crippen LogP contribution in [0, 0.1) is 21.4 Å².